The van der Waals surface area contributed by atoms with Gasteiger partial charge in [-0.05, 0) is 43.5 Å². The number of carbonyl (C=O) groups is 4. The van der Waals surface area contributed by atoms with Gasteiger partial charge in [-0.1, -0.05) is 32.6 Å². The van der Waals surface area contributed by atoms with Crippen molar-refractivity contribution in [3.8, 4) is 5.75 Å². The van der Waals surface area contributed by atoms with Crippen molar-refractivity contribution >= 4 is 29.4 Å². The molecule has 7 nitrogen and oxygen atoms in total. The van der Waals surface area contributed by atoms with Crippen LogP contribution >= 0.6 is 0 Å². The molecule has 1 saturated heterocycles. The molecule has 1 heterocycles. The van der Waals surface area contributed by atoms with Gasteiger partial charge < -0.3 is 9.64 Å². The Morgan fingerprint density at radius 2 is 1.70 bits per heavy atom. The van der Waals surface area contributed by atoms with Gasteiger partial charge in [-0.3, -0.25) is 19.2 Å². The van der Waals surface area contributed by atoms with Gasteiger partial charge in [-0.15, -0.1) is 0 Å². The smallest absolute Gasteiger partial charge is 0.308 e. The van der Waals surface area contributed by atoms with Crippen LogP contribution in [0, 0.1) is 0 Å². The number of esters is 1. The predicted molar refractivity (Wildman–Crippen MR) is 112 cm³/mol. The maximum absolute atomic E-state index is 13.3. The molecule has 1 aromatic carbocycles. The van der Waals surface area contributed by atoms with Crippen LogP contribution in [0.2, 0.25) is 0 Å². The van der Waals surface area contributed by atoms with E-state index in [1.54, 1.807) is 29.2 Å². The van der Waals surface area contributed by atoms with Gasteiger partial charge in [-0.25, -0.2) is 4.90 Å². The quantitative estimate of drug-likeness (QED) is 0.307. The van der Waals surface area contributed by atoms with E-state index in [4.69, 9.17) is 4.74 Å². The first-order valence-corrected chi connectivity index (χ1v) is 10.9. The predicted octanol–water partition coefficient (Wildman–Crippen LogP) is 3.60. The molecular weight excluding hydrogens is 384 g/mol. The molecule has 7 heteroatoms. The normalized spacial score (nSPS) is 20.2. The van der Waals surface area contributed by atoms with Crippen molar-refractivity contribution < 1.29 is 23.9 Å². The van der Waals surface area contributed by atoms with Crippen molar-refractivity contribution in [2.75, 3.05) is 4.90 Å². The lowest BCUT2D eigenvalue weighted by Crippen LogP contribution is -2.50. The lowest BCUT2D eigenvalue weighted by atomic mass is 10.0. The van der Waals surface area contributed by atoms with Crippen LogP contribution in [0.15, 0.2) is 24.3 Å². The van der Waals surface area contributed by atoms with Gasteiger partial charge in [0, 0.05) is 19.4 Å². The van der Waals surface area contributed by atoms with Gasteiger partial charge in [0.15, 0.2) is 0 Å². The molecule has 0 aromatic heterocycles. The summed E-state index contributed by atoms with van der Waals surface area (Å²) < 4.78 is 5.01. The van der Waals surface area contributed by atoms with Crippen LogP contribution in [-0.4, -0.2) is 40.7 Å². The van der Waals surface area contributed by atoms with E-state index in [-0.39, 0.29) is 30.2 Å². The largest absolute Gasteiger partial charge is 0.427 e. The molecule has 1 aromatic rings. The van der Waals surface area contributed by atoms with Gasteiger partial charge in [0.25, 0.3) is 5.91 Å². The third-order valence-electron chi connectivity index (χ3n) is 5.79. The Hall–Kier alpha value is -2.70. The highest BCUT2D eigenvalue weighted by Crippen LogP contribution is 2.32. The van der Waals surface area contributed by atoms with E-state index in [0.29, 0.717) is 24.3 Å². The Balaban J connectivity index is 1.83. The van der Waals surface area contributed by atoms with Crippen LogP contribution in [0.3, 0.4) is 0 Å². The highest BCUT2D eigenvalue weighted by atomic mass is 16.5. The minimum Gasteiger partial charge on any atom is -0.427 e. The molecule has 0 spiro atoms. The van der Waals surface area contributed by atoms with Crippen molar-refractivity contribution in [1.29, 1.82) is 0 Å². The zero-order chi connectivity index (χ0) is 21.7. The number of benzene rings is 1. The summed E-state index contributed by atoms with van der Waals surface area (Å²) in [6.07, 6.45) is 7.22. The van der Waals surface area contributed by atoms with E-state index >= 15 is 0 Å². The number of carbonyl (C=O) groups excluding carboxylic acids is 4. The van der Waals surface area contributed by atoms with Gasteiger partial charge in [0.05, 0.1) is 12.1 Å². The summed E-state index contributed by atoms with van der Waals surface area (Å²) >= 11 is 0. The molecule has 2 aliphatic rings. The van der Waals surface area contributed by atoms with Gasteiger partial charge in [-0.2, -0.15) is 0 Å². The van der Waals surface area contributed by atoms with Crippen LogP contribution in [0.1, 0.15) is 71.6 Å². The van der Waals surface area contributed by atoms with E-state index in [1.807, 2.05) is 6.92 Å². The molecular formula is C23H30N2O5. The molecule has 1 saturated carbocycles. The zero-order valence-corrected chi connectivity index (χ0v) is 17.8. The van der Waals surface area contributed by atoms with E-state index < -0.39 is 12.0 Å². The number of hydrogen-bond donors (Lipinski definition) is 0. The fraction of sp³-hybridized carbons (Fsp3) is 0.565. The van der Waals surface area contributed by atoms with Crippen molar-refractivity contribution in [2.45, 2.75) is 83.7 Å². The summed E-state index contributed by atoms with van der Waals surface area (Å²) in [6, 6.07) is 5.54. The Bertz CT molecular complexity index is 796. The molecule has 3 rings (SSSR count). The highest BCUT2D eigenvalue weighted by Gasteiger charge is 2.46. The molecule has 1 unspecified atom stereocenters. The molecule has 0 bridgehead atoms. The number of imide groups is 1. The van der Waals surface area contributed by atoms with E-state index in [9.17, 15) is 19.2 Å². The zero-order valence-electron chi connectivity index (χ0n) is 17.8. The molecule has 162 valence electrons. The summed E-state index contributed by atoms with van der Waals surface area (Å²) in [5, 5.41) is 0. The maximum Gasteiger partial charge on any atom is 0.308 e. The molecule has 3 amide bonds. The second kappa shape index (κ2) is 9.87. The van der Waals surface area contributed by atoms with Crippen LogP contribution < -0.4 is 9.64 Å². The monoisotopic (exact) mass is 414 g/mol. The average Bonchev–Trinajstić information content (AvgIpc) is 2.88. The second-order valence-electron chi connectivity index (χ2n) is 8.07. The lowest BCUT2D eigenvalue weighted by molar-refractivity contribution is -0.141. The van der Waals surface area contributed by atoms with Crippen molar-refractivity contribution in [3.63, 3.8) is 0 Å². The highest BCUT2D eigenvalue weighted by molar-refractivity contribution is 6.23. The third-order valence-corrected chi connectivity index (χ3v) is 5.79. The molecule has 0 N–H and O–H groups in total. The molecule has 30 heavy (non-hydrogen) atoms. The first kappa shape index (κ1) is 22.0. The number of hydrogen-bond acceptors (Lipinski definition) is 5. The minimum absolute atomic E-state index is 0.0104. The standard InChI is InChI=1S/C23H30N2O5/c1-3-8-21(27)24(17-9-6-4-5-7-10-17)20-15-22(28)25(23(20)29)18-11-13-19(14-12-18)30-16(2)26/h11-14,17,20H,3-10,15H2,1-2H3. The Kier molecular flexibility index (Phi) is 7.24. The summed E-state index contributed by atoms with van der Waals surface area (Å²) in [6.45, 7) is 3.25. The number of nitrogens with zero attached hydrogens (tertiary/aromatic N) is 2. The first-order chi connectivity index (χ1) is 14.4. The van der Waals surface area contributed by atoms with Crippen molar-refractivity contribution in [2.24, 2.45) is 0 Å². The summed E-state index contributed by atoms with van der Waals surface area (Å²) in [5.41, 5.74) is 0.423. The van der Waals surface area contributed by atoms with Gasteiger partial charge in [0.2, 0.25) is 11.8 Å². The maximum atomic E-state index is 13.3. The number of ether oxygens (including phenoxy) is 1. The van der Waals surface area contributed by atoms with Crippen LogP contribution in [0.5, 0.6) is 5.75 Å². The Morgan fingerprint density at radius 3 is 2.27 bits per heavy atom. The van der Waals surface area contributed by atoms with Crippen LogP contribution in [0.25, 0.3) is 0 Å². The molecule has 1 aliphatic heterocycles. The minimum atomic E-state index is -0.743. The van der Waals surface area contributed by atoms with Gasteiger partial charge >= 0.3 is 5.97 Å². The second-order valence-corrected chi connectivity index (χ2v) is 8.07. The summed E-state index contributed by atoms with van der Waals surface area (Å²) in [5.74, 6) is -0.797. The fourth-order valence-electron chi connectivity index (χ4n) is 4.44. The van der Waals surface area contributed by atoms with Gasteiger partial charge in [0.1, 0.15) is 11.8 Å². The third kappa shape index (κ3) is 4.89. The lowest BCUT2D eigenvalue weighted by Gasteiger charge is -2.35. The van der Waals surface area contributed by atoms with E-state index in [0.717, 1.165) is 43.4 Å². The average molecular weight is 415 g/mol. The number of rotatable bonds is 6. The Labute approximate surface area is 177 Å². The molecule has 1 aliphatic carbocycles. The Morgan fingerprint density at radius 1 is 1.07 bits per heavy atom. The SMILES string of the molecule is CCCC(=O)N(C1CCCCCC1)C1CC(=O)N(c2ccc(OC(C)=O)cc2)C1=O. The summed E-state index contributed by atoms with van der Waals surface area (Å²) in [4.78, 5) is 53.0. The fourth-order valence-corrected chi connectivity index (χ4v) is 4.44. The summed E-state index contributed by atoms with van der Waals surface area (Å²) in [7, 11) is 0. The van der Waals surface area contributed by atoms with E-state index in [1.165, 1.54) is 6.92 Å². The molecule has 2 fully saturated rings. The molecule has 1 atom stereocenters. The van der Waals surface area contributed by atoms with Crippen LogP contribution in [-0.2, 0) is 19.2 Å². The molecule has 0 radical (unpaired) electrons. The van der Waals surface area contributed by atoms with Crippen molar-refractivity contribution in [1.82, 2.24) is 4.90 Å². The van der Waals surface area contributed by atoms with Crippen LogP contribution in [0.4, 0.5) is 5.69 Å². The topological polar surface area (TPSA) is 84.0 Å². The van der Waals surface area contributed by atoms with Crippen molar-refractivity contribution in [3.05, 3.63) is 24.3 Å². The first-order valence-electron chi connectivity index (χ1n) is 10.9. The van der Waals surface area contributed by atoms with E-state index in [2.05, 4.69) is 0 Å². The number of amides is 3. The number of anilines is 1.